The number of non-ortho nitro benzene ring substituents is 1. The predicted molar refractivity (Wildman–Crippen MR) is 109 cm³/mol. The minimum Gasteiger partial charge on any atom is -0.497 e. The molecule has 3 rings (SSSR count). The summed E-state index contributed by atoms with van der Waals surface area (Å²) in [5, 5.41) is 10.8. The number of carbonyl (C=O) groups excluding carboxylic acids is 1. The van der Waals surface area contributed by atoms with Crippen LogP contribution in [0.25, 0.3) is 0 Å². The monoisotopic (exact) mass is 391 g/mol. The molecule has 0 N–H and O–H groups in total. The fourth-order valence-corrected chi connectivity index (χ4v) is 3.03. The van der Waals surface area contributed by atoms with Crippen LogP contribution in [0.2, 0.25) is 0 Å². The number of nitro groups is 1. The highest BCUT2D eigenvalue weighted by molar-refractivity contribution is 5.90. The van der Waals surface area contributed by atoms with Crippen molar-refractivity contribution in [2.75, 3.05) is 7.11 Å². The lowest BCUT2D eigenvalue weighted by Crippen LogP contribution is -2.30. The molecule has 0 amide bonds. The van der Waals surface area contributed by atoms with Crippen LogP contribution < -0.4 is 4.74 Å². The van der Waals surface area contributed by atoms with Crippen LogP contribution in [-0.2, 0) is 10.3 Å². The summed E-state index contributed by atoms with van der Waals surface area (Å²) in [5.41, 5.74) is 1.77. The molecular weight excluding hydrogens is 370 g/mol. The first kappa shape index (κ1) is 20.1. The van der Waals surface area contributed by atoms with Crippen molar-refractivity contribution in [2.45, 2.75) is 19.4 Å². The number of nitro benzene ring substituents is 1. The van der Waals surface area contributed by atoms with E-state index in [4.69, 9.17) is 9.47 Å². The molecule has 148 valence electrons. The summed E-state index contributed by atoms with van der Waals surface area (Å²) >= 11 is 0. The van der Waals surface area contributed by atoms with Gasteiger partial charge < -0.3 is 9.47 Å². The first-order valence-corrected chi connectivity index (χ1v) is 9.03. The second-order valence-corrected chi connectivity index (χ2v) is 6.82. The Balaban J connectivity index is 1.99. The van der Waals surface area contributed by atoms with Gasteiger partial charge in [0.2, 0.25) is 0 Å². The Morgan fingerprint density at radius 3 is 1.90 bits per heavy atom. The third-order valence-electron chi connectivity index (χ3n) is 4.85. The van der Waals surface area contributed by atoms with E-state index in [0.717, 1.165) is 16.7 Å². The van der Waals surface area contributed by atoms with Crippen molar-refractivity contribution in [3.8, 4) is 5.75 Å². The molecule has 0 radical (unpaired) electrons. The fourth-order valence-electron chi connectivity index (χ4n) is 3.03. The Bertz CT molecular complexity index is 1010. The number of esters is 1. The Morgan fingerprint density at radius 1 is 0.897 bits per heavy atom. The standard InChI is InChI=1S/C23H21NO5/c1-16-4-8-18(9-5-16)23(2,19-10-14-21(28-3)15-11-19)29-22(25)17-6-12-20(13-7-17)24(26)27/h4-15H,1-3H3. The van der Waals surface area contributed by atoms with Crippen LogP contribution in [0.15, 0.2) is 72.8 Å². The molecule has 0 aliphatic rings. The number of hydrogen-bond donors (Lipinski definition) is 0. The summed E-state index contributed by atoms with van der Waals surface area (Å²) < 4.78 is 11.2. The van der Waals surface area contributed by atoms with E-state index in [-0.39, 0.29) is 11.3 Å². The summed E-state index contributed by atoms with van der Waals surface area (Å²) in [5.74, 6) is 0.125. The number of nitrogens with zero attached hydrogens (tertiary/aromatic N) is 1. The first-order chi connectivity index (χ1) is 13.8. The number of carbonyl (C=O) groups is 1. The lowest BCUT2D eigenvalue weighted by atomic mass is 9.87. The minimum atomic E-state index is -1.06. The van der Waals surface area contributed by atoms with Crippen LogP contribution in [0.4, 0.5) is 5.69 Å². The van der Waals surface area contributed by atoms with Gasteiger partial charge in [0.15, 0.2) is 5.60 Å². The van der Waals surface area contributed by atoms with E-state index in [1.807, 2.05) is 62.4 Å². The number of aryl methyl sites for hydroxylation is 1. The van der Waals surface area contributed by atoms with Gasteiger partial charge >= 0.3 is 5.97 Å². The maximum Gasteiger partial charge on any atom is 0.339 e. The average Bonchev–Trinajstić information content (AvgIpc) is 2.74. The summed E-state index contributed by atoms with van der Waals surface area (Å²) in [6, 6.07) is 20.4. The van der Waals surface area contributed by atoms with E-state index in [1.165, 1.54) is 24.3 Å². The van der Waals surface area contributed by atoms with Crippen molar-refractivity contribution in [3.05, 3.63) is 105 Å². The zero-order valence-electron chi connectivity index (χ0n) is 16.4. The molecule has 0 aliphatic carbocycles. The second-order valence-electron chi connectivity index (χ2n) is 6.82. The molecule has 0 aliphatic heterocycles. The second kappa shape index (κ2) is 8.14. The fraction of sp³-hybridized carbons (Fsp3) is 0.174. The molecule has 0 spiro atoms. The molecule has 1 unspecified atom stereocenters. The van der Waals surface area contributed by atoms with Gasteiger partial charge in [0, 0.05) is 17.7 Å². The van der Waals surface area contributed by atoms with E-state index in [0.29, 0.717) is 5.75 Å². The van der Waals surface area contributed by atoms with Gasteiger partial charge in [-0.3, -0.25) is 10.1 Å². The van der Waals surface area contributed by atoms with E-state index in [9.17, 15) is 14.9 Å². The van der Waals surface area contributed by atoms with Crippen molar-refractivity contribution in [1.82, 2.24) is 0 Å². The summed E-state index contributed by atoms with van der Waals surface area (Å²) in [6.45, 7) is 3.81. The zero-order chi connectivity index (χ0) is 21.0. The molecule has 0 aromatic heterocycles. The van der Waals surface area contributed by atoms with Crippen molar-refractivity contribution in [2.24, 2.45) is 0 Å². The summed E-state index contributed by atoms with van der Waals surface area (Å²) in [6.07, 6.45) is 0. The van der Waals surface area contributed by atoms with Gasteiger partial charge in [0.25, 0.3) is 5.69 Å². The molecule has 0 saturated heterocycles. The summed E-state index contributed by atoms with van der Waals surface area (Å²) in [4.78, 5) is 23.2. The van der Waals surface area contributed by atoms with Crippen LogP contribution >= 0.6 is 0 Å². The Morgan fingerprint density at radius 2 is 1.41 bits per heavy atom. The molecule has 6 nitrogen and oxygen atoms in total. The predicted octanol–water partition coefficient (Wildman–Crippen LogP) is 5.03. The number of hydrogen-bond acceptors (Lipinski definition) is 5. The van der Waals surface area contributed by atoms with Gasteiger partial charge in [0.05, 0.1) is 17.6 Å². The van der Waals surface area contributed by atoms with E-state index in [2.05, 4.69) is 0 Å². The number of rotatable bonds is 6. The van der Waals surface area contributed by atoms with Crippen LogP contribution in [0.1, 0.15) is 34.0 Å². The number of ether oxygens (including phenoxy) is 2. The number of methoxy groups -OCH3 is 1. The van der Waals surface area contributed by atoms with Gasteiger partial charge in [0.1, 0.15) is 5.75 Å². The average molecular weight is 391 g/mol. The Kier molecular flexibility index (Phi) is 5.64. The van der Waals surface area contributed by atoms with Crippen LogP contribution in [0.5, 0.6) is 5.75 Å². The maximum atomic E-state index is 12.9. The third kappa shape index (κ3) is 4.27. The van der Waals surface area contributed by atoms with Crippen molar-refractivity contribution < 1.29 is 19.2 Å². The van der Waals surface area contributed by atoms with Gasteiger partial charge in [-0.25, -0.2) is 4.79 Å². The Hall–Kier alpha value is -3.67. The highest BCUT2D eigenvalue weighted by atomic mass is 16.6. The molecule has 3 aromatic carbocycles. The molecule has 6 heteroatoms. The van der Waals surface area contributed by atoms with E-state index >= 15 is 0 Å². The van der Waals surface area contributed by atoms with Crippen molar-refractivity contribution in [3.63, 3.8) is 0 Å². The highest BCUT2D eigenvalue weighted by Gasteiger charge is 2.34. The quantitative estimate of drug-likeness (QED) is 0.334. The normalized spacial score (nSPS) is 12.7. The van der Waals surface area contributed by atoms with E-state index < -0.39 is 16.5 Å². The van der Waals surface area contributed by atoms with Gasteiger partial charge in [-0.15, -0.1) is 0 Å². The summed E-state index contributed by atoms with van der Waals surface area (Å²) in [7, 11) is 1.59. The topological polar surface area (TPSA) is 78.7 Å². The minimum absolute atomic E-state index is 0.0852. The molecule has 0 heterocycles. The van der Waals surface area contributed by atoms with Crippen LogP contribution in [-0.4, -0.2) is 18.0 Å². The molecular formula is C23H21NO5. The smallest absolute Gasteiger partial charge is 0.339 e. The largest absolute Gasteiger partial charge is 0.497 e. The number of benzene rings is 3. The third-order valence-corrected chi connectivity index (χ3v) is 4.85. The zero-order valence-corrected chi connectivity index (χ0v) is 16.4. The van der Waals surface area contributed by atoms with Gasteiger partial charge in [-0.05, 0) is 43.7 Å². The molecule has 0 bridgehead atoms. The first-order valence-electron chi connectivity index (χ1n) is 9.03. The van der Waals surface area contributed by atoms with Gasteiger partial charge in [-0.2, -0.15) is 0 Å². The Labute approximate surface area is 168 Å². The SMILES string of the molecule is COc1ccc(C(C)(OC(=O)c2ccc([N+](=O)[O-])cc2)c2ccc(C)cc2)cc1. The van der Waals surface area contributed by atoms with Gasteiger partial charge in [-0.1, -0.05) is 42.0 Å². The molecule has 1 atom stereocenters. The lowest BCUT2D eigenvalue weighted by molar-refractivity contribution is -0.384. The maximum absolute atomic E-state index is 12.9. The molecule has 3 aromatic rings. The van der Waals surface area contributed by atoms with E-state index in [1.54, 1.807) is 7.11 Å². The molecule has 0 saturated carbocycles. The van der Waals surface area contributed by atoms with Crippen molar-refractivity contribution >= 4 is 11.7 Å². The molecule has 0 fully saturated rings. The lowest BCUT2D eigenvalue weighted by Gasteiger charge is -2.31. The van der Waals surface area contributed by atoms with Crippen LogP contribution in [0.3, 0.4) is 0 Å². The highest BCUT2D eigenvalue weighted by Crippen LogP contribution is 2.35. The molecule has 29 heavy (non-hydrogen) atoms. The van der Waals surface area contributed by atoms with Crippen molar-refractivity contribution in [1.29, 1.82) is 0 Å². The van der Waals surface area contributed by atoms with Crippen LogP contribution in [0, 0.1) is 17.0 Å².